The highest BCUT2D eigenvalue weighted by atomic mass is 16.5. The molecule has 2 aromatic carbocycles. The minimum atomic E-state index is -1.79. The number of hydrogen-bond donors (Lipinski definition) is 4. The van der Waals surface area contributed by atoms with Crippen molar-refractivity contribution in [3.8, 4) is 5.75 Å². The van der Waals surface area contributed by atoms with E-state index in [1.54, 1.807) is 41.1 Å². The molecule has 5 rings (SSSR count). The van der Waals surface area contributed by atoms with Crippen LogP contribution in [0.3, 0.4) is 0 Å². The van der Waals surface area contributed by atoms with Crippen molar-refractivity contribution in [2.45, 2.75) is 51.3 Å². The normalized spacial score (nSPS) is 20.8. The number of nitrogens with one attached hydrogen (secondary N) is 2. The average Bonchev–Trinajstić information content (AvgIpc) is 3.56. The summed E-state index contributed by atoms with van der Waals surface area (Å²) in [5.41, 5.74) is 1.56. The highest BCUT2D eigenvalue weighted by Gasteiger charge is 2.52. The molecule has 0 aliphatic carbocycles. The molecule has 2 amide bonds. The molecule has 3 heterocycles. The topological polar surface area (TPSA) is 142 Å². The molecule has 3 aromatic rings. The van der Waals surface area contributed by atoms with Gasteiger partial charge in [-0.3, -0.25) is 14.3 Å². The van der Waals surface area contributed by atoms with Gasteiger partial charge in [-0.25, -0.2) is 0 Å². The number of ether oxygens (including phenoxy) is 1. The number of hydrogen-bond acceptors (Lipinski definition) is 8. The van der Waals surface area contributed by atoms with Crippen molar-refractivity contribution in [2.75, 3.05) is 37.0 Å². The number of carbonyl (C=O) groups excluding carboxylic acids is 2. The third-order valence-electron chi connectivity index (χ3n) is 8.24. The van der Waals surface area contributed by atoms with E-state index in [-0.39, 0.29) is 25.0 Å². The summed E-state index contributed by atoms with van der Waals surface area (Å²) in [6.45, 7) is 4.26. The number of carbonyl (C=O) groups is 2. The van der Waals surface area contributed by atoms with Crippen molar-refractivity contribution in [3.05, 3.63) is 77.6 Å². The van der Waals surface area contributed by atoms with Gasteiger partial charge in [-0.15, -0.1) is 5.10 Å². The molecule has 11 nitrogen and oxygen atoms in total. The molecule has 1 unspecified atom stereocenters. The second-order valence-corrected chi connectivity index (χ2v) is 11.2. The Kier molecular flexibility index (Phi) is 9.54. The molecule has 0 bridgehead atoms. The van der Waals surface area contributed by atoms with Crippen molar-refractivity contribution in [1.82, 2.24) is 20.3 Å². The van der Waals surface area contributed by atoms with Gasteiger partial charge in [0.25, 0.3) is 5.91 Å². The monoisotopic (exact) mass is 588 g/mol. The first-order chi connectivity index (χ1) is 20.8. The number of allylic oxidation sites excluding steroid dienone is 1. The molecule has 0 spiro atoms. The maximum absolute atomic E-state index is 14.0. The zero-order valence-electron chi connectivity index (χ0n) is 24.7. The van der Waals surface area contributed by atoms with Crippen molar-refractivity contribution >= 4 is 23.2 Å². The van der Waals surface area contributed by atoms with Gasteiger partial charge in [-0.1, -0.05) is 36.4 Å². The summed E-state index contributed by atoms with van der Waals surface area (Å²) in [7, 11) is 1.55. The van der Waals surface area contributed by atoms with Gasteiger partial charge in [0.05, 0.1) is 31.0 Å². The Morgan fingerprint density at radius 2 is 2.16 bits per heavy atom. The lowest BCUT2D eigenvalue weighted by Crippen LogP contribution is -2.44. The lowest BCUT2D eigenvalue weighted by molar-refractivity contribution is -0.139. The highest BCUT2D eigenvalue weighted by molar-refractivity contribution is 6.07. The first-order valence-electron chi connectivity index (χ1n) is 14.8. The van der Waals surface area contributed by atoms with E-state index >= 15 is 0 Å². The molecule has 1 fully saturated rings. The Morgan fingerprint density at radius 3 is 2.93 bits per heavy atom. The van der Waals surface area contributed by atoms with Crippen LogP contribution in [-0.2, 0) is 34.7 Å². The number of aryl methyl sites for hydroxylation is 1. The fourth-order valence-electron chi connectivity index (χ4n) is 5.78. The van der Waals surface area contributed by atoms with Crippen LogP contribution >= 0.6 is 0 Å². The van der Waals surface area contributed by atoms with Crippen molar-refractivity contribution in [2.24, 2.45) is 11.8 Å². The van der Waals surface area contributed by atoms with Gasteiger partial charge < -0.3 is 30.5 Å². The number of piperidine rings is 1. The largest absolute Gasteiger partial charge is 0.497 e. The fourth-order valence-corrected chi connectivity index (χ4v) is 5.78. The standard InChI is InChI=1S/C32H40N6O5/c1-22(7-3-4-15-37-21-26(13-16-39)35-36-37)32(42)28-18-27(43-2)11-12-29(28)38(31(32)41)20-23-8-5-10-25(17-23)34-30(40)24-9-6-14-33-19-24/h3,5,7-8,10-12,17-18,21-22,24,33,39,42H,4,6,9,13-16,19-20H2,1-2H3,(H,34,40)/b7-3+/t22-,24?,32+/m0/s1. The molecule has 11 heteroatoms. The molecule has 3 atom stereocenters. The molecular weight excluding hydrogens is 548 g/mol. The van der Waals surface area contributed by atoms with Gasteiger partial charge in [0.2, 0.25) is 5.91 Å². The number of fused-ring (bicyclic) bond motifs is 1. The Balaban J connectivity index is 1.32. The quantitative estimate of drug-likeness (QED) is 0.237. The summed E-state index contributed by atoms with van der Waals surface area (Å²) in [5, 5.41) is 35.5. The summed E-state index contributed by atoms with van der Waals surface area (Å²) in [4.78, 5) is 28.4. The van der Waals surface area contributed by atoms with Crippen LogP contribution < -0.4 is 20.3 Å². The summed E-state index contributed by atoms with van der Waals surface area (Å²) in [6, 6.07) is 12.8. The number of anilines is 2. The van der Waals surface area contributed by atoms with E-state index in [2.05, 4.69) is 20.9 Å². The summed E-state index contributed by atoms with van der Waals surface area (Å²) in [6.07, 6.45) is 8.50. The molecule has 1 saturated heterocycles. The van der Waals surface area contributed by atoms with Gasteiger partial charge in [-0.05, 0) is 61.7 Å². The number of aromatic nitrogens is 3. The molecule has 228 valence electrons. The van der Waals surface area contributed by atoms with E-state index in [0.29, 0.717) is 48.6 Å². The lowest BCUT2D eigenvalue weighted by Gasteiger charge is -2.28. The third kappa shape index (κ3) is 6.64. The van der Waals surface area contributed by atoms with E-state index in [1.165, 1.54) is 0 Å². The molecule has 0 radical (unpaired) electrons. The van der Waals surface area contributed by atoms with E-state index in [4.69, 9.17) is 9.84 Å². The van der Waals surface area contributed by atoms with E-state index in [9.17, 15) is 14.7 Å². The Labute approximate surface area is 251 Å². The SMILES string of the molecule is COc1ccc2c(c1)[C@](O)([C@@H](C)/C=C/CCn1cc(CCO)nn1)C(=O)N2Cc1cccc(NC(=O)C2CCCNC2)c1. The number of methoxy groups -OCH3 is 1. The van der Waals surface area contributed by atoms with Crippen LogP contribution in [0.25, 0.3) is 0 Å². The first kappa shape index (κ1) is 30.4. The predicted molar refractivity (Wildman–Crippen MR) is 162 cm³/mol. The number of aliphatic hydroxyl groups excluding tert-OH is 1. The van der Waals surface area contributed by atoms with Crippen molar-refractivity contribution in [1.29, 1.82) is 0 Å². The number of nitrogens with zero attached hydrogens (tertiary/aromatic N) is 4. The number of aliphatic hydroxyl groups is 2. The fraction of sp³-hybridized carbons (Fsp3) is 0.438. The van der Waals surface area contributed by atoms with Gasteiger partial charge in [-0.2, -0.15) is 0 Å². The van der Waals surface area contributed by atoms with Gasteiger partial charge in [0.1, 0.15) is 5.75 Å². The second-order valence-electron chi connectivity index (χ2n) is 11.2. The summed E-state index contributed by atoms with van der Waals surface area (Å²) < 4.78 is 7.14. The lowest BCUT2D eigenvalue weighted by atomic mass is 9.83. The maximum atomic E-state index is 14.0. The molecule has 43 heavy (non-hydrogen) atoms. The van der Waals surface area contributed by atoms with Crippen LogP contribution in [-0.4, -0.2) is 63.8 Å². The molecular formula is C32H40N6O5. The van der Waals surface area contributed by atoms with E-state index in [0.717, 1.165) is 30.6 Å². The molecule has 0 saturated carbocycles. The zero-order chi connectivity index (χ0) is 30.4. The maximum Gasteiger partial charge on any atom is 0.264 e. The number of benzene rings is 2. The molecule has 2 aliphatic heterocycles. The minimum absolute atomic E-state index is 0.0107. The molecule has 2 aliphatic rings. The van der Waals surface area contributed by atoms with Crippen LogP contribution in [0, 0.1) is 11.8 Å². The molecule has 1 aromatic heterocycles. The smallest absolute Gasteiger partial charge is 0.264 e. The average molecular weight is 589 g/mol. The first-order valence-corrected chi connectivity index (χ1v) is 14.8. The summed E-state index contributed by atoms with van der Waals surface area (Å²) >= 11 is 0. The van der Waals surface area contributed by atoms with E-state index in [1.807, 2.05) is 43.3 Å². The Bertz CT molecular complexity index is 1470. The van der Waals surface area contributed by atoms with Crippen molar-refractivity contribution < 1.29 is 24.5 Å². The zero-order valence-corrected chi connectivity index (χ0v) is 24.7. The van der Waals surface area contributed by atoms with Gasteiger partial charge >= 0.3 is 0 Å². The van der Waals surface area contributed by atoms with Crippen LogP contribution in [0.1, 0.15) is 43.0 Å². The van der Waals surface area contributed by atoms with E-state index < -0.39 is 17.4 Å². The van der Waals surface area contributed by atoms with Crippen molar-refractivity contribution in [3.63, 3.8) is 0 Å². The Hall–Kier alpha value is -4.06. The number of rotatable bonds is 12. The van der Waals surface area contributed by atoms with Gasteiger partial charge in [0, 0.05) is 49.5 Å². The second kappa shape index (κ2) is 13.5. The predicted octanol–water partition coefficient (Wildman–Crippen LogP) is 2.78. The Morgan fingerprint density at radius 1 is 1.30 bits per heavy atom. The van der Waals surface area contributed by atoms with Gasteiger partial charge in [0.15, 0.2) is 5.60 Å². The van der Waals surface area contributed by atoms with Crippen LogP contribution in [0.4, 0.5) is 11.4 Å². The third-order valence-corrected chi connectivity index (χ3v) is 8.24. The minimum Gasteiger partial charge on any atom is -0.497 e. The molecule has 4 N–H and O–H groups in total. The number of amides is 2. The summed E-state index contributed by atoms with van der Waals surface area (Å²) in [5.74, 6) is -0.478. The highest BCUT2D eigenvalue weighted by Crippen LogP contribution is 2.47. The van der Waals surface area contributed by atoms with Crippen LogP contribution in [0.2, 0.25) is 0 Å². The van der Waals surface area contributed by atoms with Crippen LogP contribution in [0.15, 0.2) is 60.8 Å². The van der Waals surface area contributed by atoms with Crippen LogP contribution in [0.5, 0.6) is 5.75 Å².